The van der Waals surface area contributed by atoms with Crippen LogP contribution in [0.15, 0.2) is 12.3 Å². The number of hydrogen-bond donors (Lipinski definition) is 0. The smallest absolute Gasteiger partial charge is 0.354 e. The predicted octanol–water partition coefficient (Wildman–Crippen LogP) is 3.44. The molecule has 1 aromatic rings. The number of halogens is 4. The standard InChI is InChI=1S/C21H26ClF3N4O2/c22-17-12-16(21(23,24)25)13-26-18(17)27-6-1-7-28(11-10-27)20(31)15-4-8-29(9-5-15)19(30)14-2-3-14/h12-15H,1-11H2. The van der Waals surface area contributed by atoms with Gasteiger partial charge in [-0.15, -0.1) is 0 Å². The van der Waals surface area contributed by atoms with Crippen molar-refractivity contribution < 1.29 is 22.8 Å². The molecule has 0 aromatic carbocycles. The highest BCUT2D eigenvalue weighted by Crippen LogP contribution is 2.34. The highest BCUT2D eigenvalue weighted by Gasteiger charge is 2.37. The van der Waals surface area contributed by atoms with Gasteiger partial charge in [-0.1, -0.05) is 11.6 Å². The lowest BCUT2D eigenvalue weighted by atomic mass is 9.95. The van der Waals surface area contributed by atoms with Gasteiger partial charge in [-0.3, -0.25) is 9.59 Å². The quantitative estimate of drug-likeness (QED) is 0.696. The van der Waals surface area contributed by atoms with E-state index in [1.165, 1.54) is 0 Å². The van der Waals surface area contributed by atoms with Gasteiger partial charge in [0.05, 0.1) is 10.6 Å². The summed E-state index contributed by atoms with van der Waals surface area (Å²) in [6.45, 7) is 3.36. The van der Waals surface area contributed by atoms with Gasteiger partial charge in [0.2, 0.25) is 11.8 Å². The van der Waals surface area contributed by atoms with E-state index in [4.69, 9.17) is 11.6 Å². The lowest BCUT2D eigenvalue weighted by molar-refractivity contribution is -0.141. The second kappa shape index (κ2) is 8.84. The number of anilines is 1. The lowest BCUT2D eigenvalue weighted by Gasteiger charge is -2.34. The van der Waals surface area contributed by atoms with Gasteiger partial charge in [-0.05, 0) is 38.2 Å². The predicted molar refractivity (Wildman–Crippen MR) is 110 cm³/mol. The van der Waals surface area contributed by atoms with E-state index in [-0.39, 0.29) is 28.7 Å². The van der Waals surface area contributed by atoms with Crippen molar-refractivity contribution in [1.82, 2.24) is 14.8 Å². The van der Waals surface area contributed by atoms with Crippen molar-refractivity contribution in [3.8, 4) is 0 Å². The Morgan fingerprint density at radius 2 is 1.52 bits per heavy atom. The molecule has 0 atom stereocenters. The third-order valence-corrected chi connectivity index (χ3v) is 6.62. The van der Waals surface area contributed by atoms with Crippen LogP contribution in [0, 0.1) is 11.8 Å². The summed E-state index contributed by atoms with van der Waals surface area (Å²) in [7, 11) is 0. The van der Waals surface area contributed by atoms with Crippen LogP contribution in [0.25, 0.3) is 0 Å². The van der Waals surface area contributed by atoms with Crippen LogP contribution in [-0.2, 0) is 15.8 Å². The van der Waals surface area contributed by atoms with E-state index < -0.39 is 11.7 Å². The van der Waals surface area contributed by atoms with Gasteiger partial charge in [0, 0.05) is 57.3 Å². The van der Waals surface area contributed by atoms with Gasteiger partial charge in [0.25, 0.3) is 0 Å². The first kappa shape index (κ1) is 22.2. The van der Waals surface area contributed by atoms with Crippen LogP contribution in [0.4, 0.5) is 19.0 Å². The Morgan fingerprint density at radius 3 is 2.10 bits per heavy atom. The van der Waals surface area contributed by atoms with Crippen LogP contribution < -0.4 is 4.90 Å². The Kier molecular flexibility index (Phi) is 6.32. The zero-order chi connectivity index (χ0) is 22.2. The zero-order valence-electron chi connectivity index (χ0n) is 17.2. The molecule has 1 aliphatic carbocycles. The number of alkyl halides is 3. The molecule has 2 amide bonds. The summed E-state index contributed by atoms with van der Waals surface area (Å²) in [5.74, 6) is 0.775. The van der Waals surface area contributed by atoms with E-state index in [9.17, 15) is 22.8 Å². The minimum atomic E-state index is -4.49. The number of piperidine rings is 1. The number of pyridine rings is 1. The van der Waals surface area contributed by atoms with Crippen LogP contribution in [0.5, 0.6) is 0 Å². The summed E-state index contributed by atoms with van der Waals surface area (Å²) in [4.78, 5) is 34.7. The Morgan fingerprint density at radius 1 is 0.903 bits per heavy atom. The van der Waals surface area contributed by atoms with E-state index in [0.29, 0.717) is 64.3 Å². The first-order valence-corrected chi connectivity index (χ1v) is 11.2. The molecule has 3 fully saturated rings. The van der Waals surface area contributed by atoms with Crippen molar-refractivity contribution in [3.63, 3.8) is 0 Å². The third-order valence-electron chi connectivity index (χ3n) is 6.34. The van der Waals surface area contributed by atoms with Crippen LogP contribution in [0.2, 0.25) is 5.02 Å². The van der Waals surface area contributed by atoms with Crippen LogP contribution >= 0.6 is 11.6 Å². The maximum Gasteiger partial charge on any atom is 0.417 e. The molecule has 31 heavy (non-hydrogen) atoms. The molecule has 1 aromatic heterocycles. The number of likely N-dealkylation sites (tertiary alicyclic amines) is 1. The maximum atomic E-state index is 13.0. The van der Waals surface area contributed by atoms with E-state index >= 15 is 0 Å². The number of carbonyl (C=O) groups excluding carboxylic acids is 2. The van der Waals surface area contributed by atoms with Crippen molar-refractivity contribution in [1.29, 1.82) is 0 Å². The van der Waals surface area contributed by atoms with Gasteiger partial charge >= 0.3 is 6.18 Å². The largest absolute Gasteiger partial charge is 0.417 e. The number of hydrogen-bond acceptors (Lipinski definition) is 4. The fourth-order valence-electron chi connectivity index (χ4n) is 4.36. The average Bonchev–Trinajstić information content (AvgIpc) is 3.59. The fourth-order valence-corrected chi connectivity index (χ4v) is 4.65. The van der Waals surface area contributed by atoms with Crippen molar-refractivity contribution in [2.45, 2.75) is 38.3 Å². The molecule has 0 radical (unpaired) electrons. The number of amides is 2. The number of aromatic nitrogens is 1. The summed E-state index contributed by atoms with van der Waals surface area (Å²) in [5, 5.41) is -0.0395. The molecule has 2 aliphatic heterocycles. The van der Waals surface area contributed by atoms with Crippen LogP contribution in [0.1, 0.15) is 37.7 Å². The maximum absolute atomic E-state index is 13.0. The van der Waals surface area contributed by atoms with Crippen LogP contribution in [-0.4, -0.2) is 65.9 Å². The minimum absolute atomic E-state index is 0.0395. The Bertz CT molecular complexity index is 838. The normalized spacial score (nSPS) is 21.2. The first-order valence-electron chi connectivity index (χ1n) is 10.8. The summed E-state index contributed by atoms with van der Waals surface area (Å²) in [6.07, 6.45) is 0.332. The van der Waals surface area contributed by atoms with Crippen LogP contribution in [0.3, 0.4) is 0 Å². The highest BCUT2D eigenvalue weighted by atomic mass is 35.5. The molecule has 1 saturated carbocycles. The van der Waals surface area contributed by atoms with Gasteiger partial charge in [0.1, 0.15) is 5.82 Å². The molecule has 3 aliphatic rings. The van der Waals surface area contributed by atoms with Crippen molar-refractivity contribution in [3.05, 3.63) is 22.8 Å². The Labute approximate surface area is 184 Å². The molecule has 2 saturated heterocycles. The van der Waals surface area contributed by atoms with E-state index in [1.807, 2.05) is 14.7 Å². The SMILES string of the molecule is O=C(C1CC1)N1CCC(C(=O)N2CCCN(c3ncc(C(F)(F)F)cc3Cl)CC2)CC1. The summed E-state index contributed by atoms with van der Waals surface area (Å²) >= 11 is 6.09. The number of rotatable bonds is 3. The molecule has 0 bridgehead atoms. The molecule has 6 nitrogen and oxygen atoms in total. The lowest BCUT2D eigenvalue weighted by Crippen LogP contribution is -2.45. The Balaban J connectivity index is 1.33. The first-order chi connectivity index (χ1) is 14.7. The molecule has 0 spiro atoms. The molecule has 3 heterocycles. The van der Waals surface area contributed by atoms with Gasteiger partial charge in [-0.25, -0.2) is 4.98 Å². The van der Waals surface area contributed by atoms with Crippen molar-refractivity contribution in [2.75, 3.05) is 44.2 Å². The summed E-state index contributed by atoms with van der Waals surface area (Å²) in [6, 6.07) is 0.897. The van der Waals surface area contributed by atoms with E-state index in [0.717, 1.165) is 25.1 Å². The number of carbonyl (C=O) groups is 2. The average molecular weight is 459 g/mol. The monoisotopic (exact) mass is 458 g/mol. The zero-order valence-corrected chi connectivity index (χ0v) is 18.0. The van der Waals surface area contributed by atoms with E-state index in [1.54, 1.807) is 0 Å². The molecule has 4 rings (SSSR count). The molecule has 170 valence electrons. The fraction of sp³-hybridized carbons (Fsp3) is 0.667. The summed E-state index contributed by atoms with van der Waals surface area (Å²) in [5.41, 5.74) is -0.876. The second-order valence-electron chi connectivity index (χ2n) is 8.57. The minimum Gasteiger partial charge on any atom is -0.354 e. The second-order valence-corrected chi connectivity index (χ2v) is 8.97. The van der Waals surface area contributed by atoms with Gasteiger partial charge in [0.15, 0.2) is 0 Å². The molecular weight excluding hydrogens is 433 g/mol. The number of nitrogens with zero attached hydrogens (tertiary/aromatic N) is 4. The third kappa shape index (κ3) is 5.07. The van der Waals surface area contributed by atoms with Crippen molar-refractivity contribution in [2.24, 2.45) is 11.8 Å². The molecule has 10 heteroatoms. The van der Waals surface area contributed by atoms with Gasteiger partial charge in [-0.2, -0.15) is 13.2 Å². The van der Waals surface area contributed by atoms with Gasteiger partial charge < -0.3 is 14.7 Å². The van der Waals surface area contributed by atoms with Crippen molar-refractivity contribution >= 4 is 29.2 Å². The highest BCUT2D eigenvalue weighted by molar-refractivity contribution is 6.33. The molecule has 0 N–H and O–H groups in total. The molecular formula is C21H26ClF3N4O2. The Hall–Kier alpha value is -2.03. The molecule has 0 unspecified atom stereocenters. The van der Waals surface area contributed by atoms with E-state index in [2.05, 4.69) is 4.98 Å². The topological polar surface area (TPSA) is 56.8 Å². The summed E-state index contributed by atoms with van der Waals surface area (Å²) < 4.78 is 38.6.